The van der Waals surface area contributed by atoms with Gasteiger partial charge in [-0.1, -0.05) is 6.07 Å². The Morgan fingerprint density at radius 3 is 2.71 bits per heavy atom. The van der Waals surface area contributed by atoms with Crippen molar-refractivity contribution in [1.82, 2.24) is 9.47 Å². The quantitative estimate of drug-likeness (QED) is 0.869. The topological polar surface area (TPSA) is 77.6 Å². The van der Waals surface area contributed by atoms with Crippen LogP contribution in [0, 0.1) is 0 Å². The average molecular weight is 329 g/mol. The van der Waals surface area contributed by atoms with Gasteiger partial charge in [-0.25, -0.2) is 0 Å². The smallest absolute Gasteiger partial charge is 0.259 e. The second-order valence-electron chi connectivity index (χ2n) is 6.15. The molecule has 0 unspecified atom stereocenters. The van der Waals surface area contributed by atoms with E-state index in [0.717, 1.165) is 24.8 Å². The highest BCUT2D eigenvalue weighted by atomic mass is 16.5. The van der Waals surface area contributed by atoms with E-state index < -0.39 is 0 Å². The molecule has 1 aliphatic heterocycles. The minimum Gasteiger partial charge on any atom is -0.398 e. The van der Waals surface area contributed by atoms with Gasteiger partial charge in [0.05, 0.1) is 17.5 Å². The van der Waals surface area contributed by atoms with Crippen molar-refractivity contribution in [3.05, 3.63) is 40.2 Å². The fourth-order valence-corrected chi connectivity index (χ4v) is 3.26. The Bertz CT molecular complexity index is 807. The second-order valence-corrected chi connectivity index (χ2v) is 6.15. The highest BCUT2D eigenvalue weighted by Crippen LogP contribution is 2.20. The van der Waals surface area contributed by atoms with E-state index in [1.54, 1.807) is 24.3 Å². The van der Waals surface area contributed by atoms with Crippen LogP contribution in [0.2, 0.25) is 0 Å². The molecule has 1 aliphatic rings. The molecular weight excluding hydrogens is 306 g/mol. The molecular formula is C18H23N3O3. The first-order chi connectivity index (χ1) is 11.6. The lowest BCUT2D eigenvalue weighted by molar-refractivity contribution is 0.0722. The number of rotatable bonds is 4. The number of hydrogen-bond acceptors (Lipinski definition) is 4. The van der Waals surface area contributed by atoms with Crippen LogP contribution in [0.1, 0.15) is 29.6 Å². The lowest BCUT2D eigenvalue weighted by Gasteiger charge is -2.27. The Balaban J connectivity index is 2.13. The monoisotopic (exact) mass is 329 g/mol. The number of pyridine rings is 1. The number of carbonyl (C=O) groups excluding carboxylic acids is 1. The van der Waals surface area contributed by atoms with Gasteiger partial charge in [-0.3, -0.25) is 9.59 Å². The van der Waals surface area contributed by atoms with Crippen molar-refractivity contribution in [3.8, 4) is 0 Å². The summed E-state index contributed by atoms with van der Waals surface area (Å²) in [6, 6.07) is 5.35. The second kappa shape index (κ2) is 7.05. The number of ether oxygens (including phenoxy) is 1. The Labute approximate surface area is 140 Å². The number of nitrogens with zero attached hydrogens (tertiary/aromatic N) is 2. The molecule has 0 spiro atoms. The fourth-order valence-electron chi connectivity index (χ4n) is 3.26. The number of amides is 1. The lowest BCUT2D eigenvalue weighted by Crippen LogP contribution is -2.38. The summed E-state index contributed by atoms with van der Waals surface area (Å²) < 4.78 is 7.03. The molecule has 1 amide bonds. The Hall–Kier alpha value is -2.34. The molecule has 0 saturated carbocycles. The van der Waals surface area contributed by atoms with Gasteiger partial charge in [0.15, 0.2) is 0 Å². The van der Waals surface area contributed by atoms with Crippen LogP contribution < -0.4 is 11.2 Å². The number of anilines is 1. The SMILES string of the molecule is COCCn1cc(C(=O)N2CCCCC2)c(=O)c2c(N)cccc21. The number of nitrogens with two attached hydrogens (primary N) is 1. The molecule has 1 aromatic carbocycles. The molecule has 6 nitrogen and oxygen atoms in total. The lowest BCUT2D eigenvalue weighted by atomic mass is 10.1. The highest BCUT2D eigenvalue weighted by molar-refractivity contribution is 6.00. The van der Waals surface area contributed by atoms with Crippen LogP contribution in [-0.4, -0.2) is 42.2 Å². The normalized spacial score (nSPS) is 15.0. The summed E-state index contributed by atoms with van der Waals surface area (Å²) in [5.74, 6) is -0.198. The molecule has 0 bridgehead atoms. The predicted molar refractivity (Wildman–Crippen MR) is 94.3 cm³/mol. The summed E-state index contributed by atoms with van der Waals surface area (Å²) in [6.45, 7) is 2.46. The Morgan fingerprint density at radius 2 is 2.00 bits per heavy atom. The summed E-state index contributed by atoms with van der Waals surface area (Å²) >= 11 is 0. The van der Waals surface area contributed by atoms with Gasteiger partial charge >= 0.3 is 0 Å². The molecule has 1 saturated heterocycles. The minimum atomic E-state index is -0.285. The Morgan fingerprint density at radius 1 is 1.25 bits per heavy atom. The van der Waals surface area contributed by atoms with E-state index in [0.29, 0.717) is 37.3 Å². The molecule has 1 aromatic heterocycles. The van der Waals surface area contributed by atoms with Gasteiger partial charge in [-0.05, 0) is 31.4 Å². The largest absolute Gasteiger partial charge is 0.398 e. The zero-order valence-corrected chi connectivity index (χ0v) is 14.0. The minimum absolute atomic E-state index is 0.193. The third-order valence-electron chi connectivity index (χ3n) is 4.55. The van der Waals surface area contributed by atoms with Gasteiger partial charge in [0, 0.05) is 38.6 Å². The zero-order chi connectivity index (χ0) is 17.1. The standard InChI is InChI=1S/C18H23N3O3/c1-24-11-10-21-12-13(18(23)20-8-3-2-4-9-20)17(22)16-14(19)6-5-7-15(16)21/h5-7,12H,2-4,8-11,19H2,1H3. The molecule has 0 atom stereocenters. The van der Waals surface area contributed by atoms with Gasteiger partial charge in [0.1, 0.15) is 5.56 Å². The number of nitrogen functional groups attached to an aromatic ring is 1. The van der Waals surface area contributed by atoms with Crippen molar-refractivity contribution >= 4 is 22.5 Å². The van der Waals surface area contributed by atoms with Crippen molar-refractivity contribution in [2.45, 2.75) is 25.8 Å². The first kappa shape index (κ1) is 16.5. The molecule has 0 aliphatic carbocycles. The van der Waals surface area contributed by atoms with Crippen LogP contribution in [0.3, 0.4) is 0 Å². The van der Waals surface area contributed by atoms with E-state index in [1.807, 2.05) is 16.7 Å². The van der Waals surface area contributed by atoms with E-state index in [-0.39, 0.29) is 16.9 Å². The van der Waals surface area contributed by atoms with Gasteiger partial charge in [0.2, 0.25) is 5.43 Å². The molecule has 2 aromatic rings. The van der Waals surface area contributed by atoms with E-state index in [4.69, 9.17) is 10.5 Å². The highest BCUT2D eigenvalue weighted by Gasteiger charge is 2.23. The first-order valence-electron chi connectivity index (χ1n) is 8.33. The summed E-state index contributed by atoms with van der Waals surface area (Å²) in [6.07, 6.45) is 4.76. The number of fused-ring (bicyclic) bond motifs is 1. The maximum absolute atomic E-state index is 12.9. The van der Waals surface area contributed by atoms with Crippen molar-refractivity contribution in [3.63, 3.8) is 0 Å². The summed E-state index contributed by atoms with van der Waals surface area (Å²) in [5, 5.41) is 0.413. The van der Waals surface area contributed by atoms with Crippen molar-refractivity contribution in [2.75, 3.05) is 32.5 Å². The third-order valence-corrected chi connectivity index (χ3v) is 4.55. The molecule has 1 fully saturated rings. The number of methoxy groups -OCH3 is 1. The van der Waals surface area contributed by atoms with E-state index in [2.05, 4.69) is 0 Å². The van der Waals surface area contributed by atoms with Crippen LogP contribution >= 0.6 is 0 Å². The molecule has 24 heavy (non-hydrogen) atoms. The number of piperidine rings is 1. The maximum Gasteiger partial charge on any atom is 0.259 e. The summed E-state index contributed by atoms with van der Waals surface area (Å²) in [5.41, 5.74) is 7.07. The molecule has 3 rings (SSSR count). The van der Waals surface area contributed by atoms with E-state index in [1.165, 1.54) is 0 Å². The molecule has 128 valence electrons. The molecule has 2 heterocycles. The van der Waals surface area contributed by atoms with Crippen LogP contribution in [0.4, 0.5) is 5.69 Å². The van der Waals surface area contributed by atoms with Crippen LogP contribution in [0.15, 0.2) is 29.2 Å². The number of carbonyl (C=O) groups is 1. The predicted octanol–water partition coefficient (Wildman–Crippen LogP) is 1.86. The maximum atomic E-state index is 12.9. The summed E-state index contributed by atoms with van der Waals surface area (Å²) in [4.78, 5) is 27.5. The molecule has 0 radical (unpaired) electrons. The first-order valence-corrected chi connectivity index (χ1v) is 8.33. The van der Waals surface area contributed by atoms with Crippen molar-refractivity contribution in [2.24, 2.45) is 0 Å². The van der Waals surface area contributed by atoms with Gasteiger partial charge < -0.3 is 19.9 Å². The van der Waals surface area contributed by atoms with Crippen molar-refractivity contribution < 1.29 is 9.53 Å². The Kier molecular flexibility index (Phi) is 4.85. The summed E-state index contributed by atoms with van der Waals surface area (Å²) in [7, 11) is 1.62. The van der Waals surface area contributed by atoms with Crippen LogP contribution in [0.5, 0.6) is 0 Å². The zero-order valence-electron chi connectivity index (χ0n) is 14.0. The van der Waals surface area contributed by atoms with Gasteiger partial charge in [-0.15, -0.1) is 0 Å². The van der Waals surface area contributed by atoms with E-state index in [9.17, 15) is 9.59 Å². The third kappa shape index (κ3) is 3.01. The van der Waals surface area contributed by atoms with Crippen molar-refractivity contribution in [1.29, 1.82) is 0 Å². The molecule has 6 heteroatoms. The van der Waals surface area contributed by atoms with Crippen LogP contribution in [-0.2, 0) is 11.3 Å². The van der Waals surface area contributed by atoms with Gasteiger partial charge in [0.25, 0.3) is 5.91 Å². The fraction of sp³-hybridized carbons (Fsp3) is 0.444. The number of likely N-dealkylation sites (tertiary alicyclic amines) is 1. The number of benzene rings is 1. The average Bonchev–Trinajstić information content (AvgIpc) is 2.61. The van der Waals surface area contributed by atoms with Gasteiger partial charge in [-0.2, -0.15) is 0 Å². The number of hydrogen-bond donors (Lipinski definition) is 1. The van der Waals surface area contributed by atoms with Crippen LogP contribution in [0.25, 0.3) is 10.9 Å². The number of aromatic nitrogens is 1. The molecule has 2 N–H and O–H groups in total. The van der Waals surface area contributed by atoms with E-state index >= 15 is 0 Å².